The van der Waals surface area contributed by atoms with E-state index in [0.717, 1.165) is 119 Å². The second-order valence-corrected chi connectivity index (χ2v) is 25.6. The summed E-state index contributed by atoms with van der Waals surface area (Å²) in [6.07, 6.45) is 2.61. The van der Waals surface area contributed by atoms with Gasteiger partial charge in [0.1, 0.15) is 47.6 Å². The van der Waals surface area contributed by atoms with Crippen LogP contribution in [-0.4, -0.2) is 171 Å². The number of benzene rings is 4. The number of anilines is 4. The highest BCUT2D eigenvalue weighted by molar-refractivity contribution is 5.97. The van der Waals surface area contributed by atoms with Crippen LogP contribution in [0.3, 0.4) is 0 Å². The van der Waals surface area contributed by atoms with Gasteiger partial charge in [0, 0.05) is 111 Å². The summed E-state index contributed by atoms with van der Waals surface area (Å²) in [5.41, 5.74) is 4.41. The summed E-state index contributed by atoms with van der Waals surface area (Å²) >= 11 is 0. The molecule has 0 radical (unpaired) electrons. The van der Waals surface area contributed by atoms with Gasteiger partial charge < -0.3 is 63.5 Å². The van der Waals surface area contributed by atoms with Crippen molar-refractivity contribution in [3.05, 3.63) is 95.3 Å². The lowest BCUT2D eigenvalue weighted by molar-refractivity contribution is -0.185. The lowest BCUT2D eigenvalue weighted by Crippen LogP contribution is -2.53. The van der Waals surface area contributed by atoms with Crippen molar-refractivity contribution in [2.24, 2.45) is 0 Å². The van der Waals surface area contributed by atoms with Crippen molar-refractivity contribution in [1.29, 1.82) is 0 Å². The number of hydrogen-bond donors (Lipinski definition) is 2. The van der Waals surface area contributed by atoms with Crippen molar-refractivity contribution in [2.45, 2.75) is 142 Å². The molecule has 2 atom stereocenters. The smallest absolute Gasteiger partial charge is 0.471 e. The lowest BCUT2D eigenvalue weighted by atomic mass is 10.0. The number of piperidine rings is 1. The molecule has 0 aliphatic carbocycles. The molecule has 4 saturated heterocycles. The first-order valence-electron chi connectivity index (χ1n) is 30.9. The number of piperazine rings is 1. The van der Waals surface area contributed by atoms with E-state index in [9.17, 15) is 37.8 Å². The van der Waals surface area contributed by atoms with Crippen LogP contribution in [0.25, 0.3) is 21.5 Å². The Kier molecular flexibility index (Phi) is 17.8. The van der Waals surface area contributed by atoms with Crippen LogP contribution in [0, 0.1) is 0 Å². The number of rotatable bonds is 10. The van der Waals surface area contributed by atoms with Crippen LogP contribution in [-0.2, 0) is 40.2 Å². The van der Waals surface area contributed by atoms with E-state index in [-0.39, 0.29) is 68.5 Å². The van der Waals surface area contributed by atoms with Crippen molar-refractivity contribution < 1.29 is 56.7 Å². The molecule has 23 heteroatoms. The molecule has 0 bridgehead atoms. The second-order valence-electron chi connectivity index (χ2n) is 25.6. The molecule has 4 aromatic carbocycles. The van der Waals surface area contributed by atoms with Crippen LogP contribution in [0.4, 0.5) is 45.8 Å². The highest BCUT2D eigenvalue weighted by Crippen LogP contribution is 2.40. The first-order chi connectivity index (χ1) is 42.0. The summed E-state index contributed by atoms with van der Waals surface area (Å²) in [7, 11) is 0. The monoisotopic (exact) mass is 1220 g/mol. The van der Waals surface area contributed by atoms with Gasteiger partial charge in [-0.05, 0) is 122 Å². The molecule has 0 unspecified atom stereocenters. The van der Waals surface area contributed by atoms with Gasteiger partial charge in [-0.15, -0.1) is 0 Å². The first-order valence-corrected chi connectivity index (χ1v) is 30.9. The molecular weight excluding hydrogens is 1140 g/mol. The zero-order valence-electron chi connectivity index (χ0n) is 51.2. The SMILES string of the molecule is CC(C)(C)OC(=O)N1CCC[C@H]1COc1nc2c(c(N3CCCCC3)n1)CCN(c1cc(O)cc3ccccc13)C2.CC(C)(C)OC(=O)N1CCC[C@H]1COc1nc2c(c(N3CCN(C(=O)C(F)(F)F)CC3)n1)CCN(c1cc(O)cc3ccccc13)C2. The van der Waals surface area contributed by atoms with Gasteiger partial charge in [0.15, 0.2) is 0 Å². The lowest BCUT2D eigenvalue weighted by Gasteiger charge is -2.38. The number of ether oxygens (including phenoxy) is 4. The Bertz CT molecular complexity index is 3530. The number of carbonyl (C=O) groups is 3. The number of fused-ring (bicyclic) bond motifs is 4. The summed E-state index contributed by atoms with van der Waals surface area (Å²) in [4.78, 5) is 70.0. The molecule has 2 aromatic heterocycles. The fraction of sp³-hybridized carbons (Fsp3) is 0.523. The number of alkyl halides is 3. The van der Waals surface area contributed by atoms with Gasteiger partial charge in [-0.1, -0.05) is 48.5 Å². The average molecular weight is 1220 g/mol. The minimum Gasteiger partial charge on any atom is -0.508 e. The zero-order chi connectivity index (χ0) is 62.1. The number of phenolic OH excluding ortho intramolecular Hbond substituents is 2. The van der Waals surface area contributed by atoms with E-state index in [1.165, 1.54) is 12.0 Å². The van der Waals surface area contributed by atoms with E-state index < -0.39 is 29.4 Å². The Morgan fingerprint density at radius 1 is 0.523 bits per heavy atom. The quantitative estimate of drug-likeness (QED) is 0.131. The minimum absolute atomic E-state index is 0.0712. The molecule has 4 fully saturated rings. The third-order valence-electron chi connectivity index (χ3n) is 17.0. The van der Waals surface area contributed by atoms with Crippen molar-refractivity contribution in [1.82, 2.24) is 34.6 Å². The summed E-state index contributed by atoms with van der Waals surface area (Å²) < 4.78 is 63.0. The molecular formula is C65H80F3N11O9. The van der Waals surface area contributed by atoms with Crippen molar-refractivity contribution in [2.75, 3.05) is 98.3 Å². The Morgan fingerprint density at radius 2 is 0.955 bits per heavy atom. The number of amides is 3. The highest BCUT2D eigenvalue weighted by Gasteiger charge is 2.44. The second kappa shape index (κ2) is 25.5. The number of aromatic hydroxyl groups is 2. The predicted molar refractivity (Wildman–Crippen MR) is 329 cm³/mol. The molecule has 12 rings (SSSR count). The van der Waals surface area contributed by atoms with Crippen LogP contribution < -0.4 is 29.1 Å². The fourth-order valence-corrected chi connectivity index (χ4v) is 12.8. The van der Waals surface area contributed by atoms with Gasteiger partial charge in [-0.2, -0.15) is 33.1 Å². The molecule has 6 aliphatic rings. The van der Waals surface area contributed by atoms with Crippen molar-refractivity contribution in [3.8, 4) is 23.5 Å². The third kappa shape index (κ3) is 14.2. The Morgan fingerprint density at radius 3 is 1.39 bits per heavy atom. The molecule has 0 saturated carbocycles. The van der Waals surface area contributed by atoms with E-state index >= 15 is 0 Å². The van der Waals surface area contributed by atoms with Crippen molar-refractivity contribution >= 4 is 62.6 Å². The van der Waals surface area contributed by atoms with Gasteiger partial charge in [-0.25, -0.2) is 9.59 Å². The van der Waals surface area contributed by atoms with Crippen LogP contribution in [0.15, 0.2) is 72.8 Å². The number of hydrogen-bond acceptors (Lipinski definition) is 17. The van der Waals surface area contributed by atoms with Crippen LogP contribution in [0.5, 0.6) is 23.5 Å². The summed E-state index contributed by atoms with van der Waals surface area (Å²) in [5.74, 6) is 0.122. The number of phenols is 2. The van der Waals surface area contributed by atoms with Crippen LogP contribution in [0.2, 0.25) is 0 Å². The number of halogens is 3. The van der Waals surface area contributed by atoms with E-state index in [1.54, 1.807) is 21.9 Å². The molecule has 3 amide bonds. The topological polar surface area (TPSA) is 203 Å². The molecule has 6 aliphatic heterocycles. The van der Waals surface area contributed by atoms with Crippen LogP contribution in [0.1, 0.15) is 109 Å². The van der Waals surface area contributed by atoms with Crippen LogP contribution >= 0.6 is 0 Å². The number of nitrogens with zero attached hydrogens (tertiary/aromatic N) is 11. The molecule has 8 heterocycles. The number of carbonyl (C=O) groups excluding carboxylic acids is 3. The maximum atomic E-state index is 13.1. The first kappa shape index (κ1) is 61.4. The van der Waals surface area contributed by atoms with Gasteiger partial charge in [0.25, 0.3) is 0 Å². The van der Waals surface area contributed by atoms with Crippen molar-refractivity contribution in [3.63, 3.8) is 0 Å². The highest BCUT2D eigenvalue weighted by atomic mass is 19.4. The molecule has 0 spiro atoms. The van der Waals surface area contributed by atoms with E-state index in [4.69, 9.17) is 38.9 Å². The molecule has 88 heavy (non-hydrogen) atoms. The van der Waals surface area contributed by atoms with Gasteiger partial charge in [-0.3, -0.25) is 4.79 Å². The van der Waals surface area contributed by atoms with Gasteiger partial charge >= 0.3 is 36.3 Å². The van der Waals surface area contributed by atoms with E-state index in [1.807, 2.05) is 101 Å². The maximum absolute atomic E-state index is 13.1. The normalized spacial score (nSPS) is 19.1. The summed E-state index contributed by atoms with van der Waals surface area (Å²) in [6, 6.07) is 23.2. The Labute approximate surface area is 511 Å². The average Bonchev–Trinajstić information content (AvgIpc) is 1.50. The third-order valence-corrected chi connectivity index (χ3v) is 17.0. The predicted octanol–water partition coefficient (Wildman–Crippen LogP) is 10.6. The number of aromatic nitrogens is 4. The van der Waals surface area contributed by atoms with Gasteiger partial charge in [0.2, 0.25) is 0 Å². The Hall–Kier alpha value is -8.24. The molecule has 470 valence electrons. The largest absolute Gasteiger partial charge is 0.508 e. The molecule has 2 N–H and O–H groups in total. The summed E-state index contributed by atoms with van der Waals surface area (Å²) in [6.45, 7) is 17.3. The van der Waals surface area contributed by atoms with E-state index in [0.29, 0.717) is 63.3 Å². The van der Waals surface area contributed by atoms with E-state index in [2.05, 4.69) is 20.8 Å². The standard InChI is InChI=1S/C33H39F3N6O5.C32H41N5O4/c1-32(2,3)47-31(45)42-11-6-8-22(42)20-46-30-37-26-19-41(27-18-23(43)17-21-7-4-5-9-24(21)27)12-10-25(26)28(38-30)39-13-15-40(16-14-39)29(44)33(34,35)36;1-32(2,3)41-31(39)37-16-9-11-23(37)21-40-30-33-27-20-36(28-19-24(38)18-22-10-5-6-12-25(22)28)17-13-26(27)29(34-30)35-14-7-4-8-15-35/h4-5,7,9,17-18,22,43H,6,8,10-16,19-20H2,1-3H3;5-6,10,12,18-19,23,38H,4,7-9,11,13-17,20-21H2,1-3H3/t22-;23-/m00/s1. The summed E-state index contributed by atoms with van der Waals surface area (Å²) in [5, 5.41) is 25.0. The number of likely N-dealkylation sites (tertiary alicyclic amines) is 2. The minimum atomic E-state index is -4.93. The zero-order valence-corrected chi connectivity index (χ0v) is 51.2. The molecule has 20 nitrogen and oxygen atoms in total. The molecule has 6 aromatic rings. The van der Waals surface area contributed by atoms with Gasteiger partial charge in [0.05, 0.1) is 36.6 Å². The fourth-order valence-electron chi connectivity index (χ4n) is 12.8. The maximum Gasteiger partial charge on any atom is 0.471 e. The Balaban J connectivity index is 0.000000184.